The van der Waals surface area contributed by atoms with Gasteiger partial charge in [-0.3, -0.25) is 9.79 Å². The fraction of sp³-hybridized carbons (Fsp3) is 0.500. The molecular weight excluding hydrogens is 391 g/mol. The van der Waals surface area contributed by atoms with Gasteiger partial charge in [-0.05, 0) is 31.9 Å². The number of amides is 1. The molecule has 0 aliphatic heterocycles. The Balaban J connectivity index is 0.00000441. The number of guanidine groups is 1. The Morgan fingerprint density at radius 1 is 1.23 bits per heavy atom. The van der Waals surface area contributed by atoms with E-state index in [0.717, 1.165) is 0 Å². The Bertz CT molecular complexity index is 515. The summed E-state index contributed by atoms with van der Waals surface area (Å²) in [7, 11) is 3.37. The first-order valence-corrected chi connectivity index (χ1v) is 7.12. The highest BCUT2D eigenvalue weighted by molar-refractivity contribution is 14.0. The van der Waals surface area contributed by atoms with E-state index >= 15 is 0 Å². The second-order valence-corrected chi connectivity index (χ2v) is 5.67. The third kappa shape index (κ3) is 6.21. The summed E-state index contributed by atoms with van der Waals surface area (Å²) in [6, 6.07) is 8.22. The molecule has 0 aliphatic rings. The average Bonchev–Trinajstić information content (AvgIpc) is 2.48. The molecule has 0 unspecified atom stereocenters. The van der Waals surface area contributed by atoms with Crippen LogP contribution in [0, 0.1) is 12.3 Å². The summed E-state index contributed by atoms with van der Waals surface area (Å²) in [6.45, 7) is 7.09. The van der Waals surface area contributed by atoms with Crippen LogP contribution in [-0.4, -0.2) is 32.5 Å². The zero-order valence-corrected chi connectivity index (χ0v) is 16.3. The van der Waals surface area contributed by atoms with Crippen LogP contribution in [-0.2, 0) is 11.3 Å². The molecule has 0 fully saturated rings. The van der Waals surface area contributed by atoms with E-state index in [0.29, 0.717) is 19.0 Å². The summed E-state index contributed by atoms with van der Waals surface area (Å²) in [4.78, 5) is 15.9. The Labute approximate surface area is 150 Å². The molecule has 124 valence electrons. The van der Waals surface area contributed by atoms with E-state index < -0.39 is 5.41 Å². The molecule has 3 N–H and O–H groups in total. The normalized spacial score (nSPS) is 11.4. The Hall–Kier alpha value is -1.31. The number of nitrogens with one attached hydrogen (secondary N) is 3. The zero-order valence-electron chi connectivity index (χ0n) is 14.0. The quantitative estimate of drug-likeness (QED) is 0.390. The van der Waals surface area contributed by atoms with Crippen LogP contribution in [0.25, 0.3) is 0 Å². The Morgan fingerprint density at radius 3 is 2.41 bits per heavy atom. The lowest BCUT2D eigenvalue weighted by molar-refractivity contribution is -0.128. The maximum Gasteiger partial charge on any atom is 0.227 e. The standard InChI is InChI=1S/C16H26N4O.HI/c1-12-8-6-7-9-13(12)10-19-15(18-5)20-11-16(2,3)14(21)17-4;/h6-9H,10-11H2,1-5H3,(H,17,21)(H2,18,19,20);1H. The van der Waals surface area contributed by atoms with Crippen molar-refractivity contribution in [1.29, 1.82) is 0 Å². The van der Waals surface area contributed by atoms with E-state index in [1.807, 2.05) is 26.0 Å². The minimum atomic E-state index is -0.491. The van der Waals surface area contributed by atoms with E-state index in [1.54, 1.807) is 14.1 Å². The summed E-state index contributed by atoms with van der Waals surface area (Å²) in [6.07, 6.45) is 0. The van der Waals surface area contributed by atoms with Gasteiger partial charge in [-0.2, -0.15) is 0 Å². The number of rotatable bonds is 5. The molecule has 0 saturated heterocycles. The molecule has 0 bridgehead atoms. The van der Waals surface area contributed by atoms with Crippen molar-refractivity contribution in [3.8, 4) is 0 Å². The number of benzene rings is 1. The zero-order chi connectivity index (χ0) is 15.9. The minimum absolute atomic E-state index is 0. The average molecular weight is 418 g/mol. The lowest BCUT2D eigenvalue weighted by Crippen LogP contribution is -2.47. The highest BCUT2D eigenvalue weighted by Gasteiger charge is 2.26. The largest absolute Gasteiger partial charge is 0.359 e. The number of hydrogen-bond acceptors (Lipinski definition) is 2. The topological polar surface area (TPSA) is 65.5 Å². The molecule has 5 nitrogen and oxygen atoms in total. The van der Waals surface area contributed by atoms with Crippen LogP contribution < -0.4 is 16.0 Å². The maximum atomic E-state index is 11.7. The van der Waals surface area contributed by atoms with Crippen molar-refractivity contribution in [2.75, 3.05) is 20.6 Å². The molecule has 0 heterocycles. The molecule has 0 atom stereocenters. The number of aryl methyl sites for hydroxylation is 1. The summed E-state index contributed by atoms with van der Waals surface area (Å²) in [5, 5.41) is 9.13. The van der Waals surface area contributed by atoms with Crippen LogP contribution in [0.4, 0.5) is 0 Å². The van der Waals surface area contributed by atoms with Crippen LogP contribution in [0.3, 0.4) is 0 Å². The molecule has 1 amide bonds. The summed E-state index contributed by atoms with van der Waals surface area (Å²) in [5.41, 5.74) is 1.98. The molecule has 6 heteroatoms. The van der Waals surface area contributed by atoms with Crippen molar-refractivity contribution in [3.63, 3.8) is 0 Å². The number of aliphatic imine (C=N–C) groups is 1. The van der Waals surface area contributed by atoms with Crippen LogP contribution in [0.1, 0.15) is 25.0 Å². The number of halogens is 1. The highest BCUT2D eigenvalue weighted by Crippen LogP contribution is 2.13. The number of carbonyl (C=O) groups is 1. The van der Waals surface area contributed by atoms with Crippen LogP contribution in [0.15, 0.2) is 29.3 Å². The van der Waals surface area contributed by atoms with Gasteiger partial charge < -0.3 is 16.0 Å². The fourth-order valence-corrected chi connectivity index (χ4v) is 1.93. The van der Waals surface area contributed by atoms with Gasteiger partial charge in [-0.15, -0.1) is 24.0 Å². The van der Waals surface area contributed by atoms with E-state index in [2.05, 4.69) is 40.0 Å². The van der Waals surface area contributed by atoms with Crippen LogP contribution in [0.2, 0.25) is 0 Å². The van der Waals surface area contributed by atoms with Gasteiger partial charge in [0.1, 0.15) is 0 Å². The van der Waals surface area contributed by atoms with Crippen molar-refractivity contribution in [3.05, 3.63) is 35.4 Å². The molecule has 1 aromatic rings. The lowest BCUT2D eigenvalue weighted by Gasteiger charge is -2.24. The van der Waals surface area contributed by atoms with Crippen molar-refractivity contribution in [2.24, 2.45) is 10.4 Å². The second-order valence-electron chi connectivity index (χ2n) is 5.67. The molecule has 1 aromatic carbocycles. The first-order valence-electron chi connectivity index (χ1n) is 7.12. The van der Waals surface area contributed by atoms with Crippen molar-refractivity contribution >= 4 is 35.8 Å². The molecular formula is C16H27IN4O. The van der Waals surface area contributed by atoms with E-state index in [4.69, 9.17) is 0 Å². The van der Waals surface area contributed by atoms with Gasteiger partial charge in [0.25, 0.3) is 0 Å². The molecule has 22 heavy (non-hydrogen) atoms. The number of hydrogen-bond donors (Lipinski definition) is 3. The van der Waals surface area contributed by atoms with E-state index in [1.165, 1.54) is 11.1 Å². The summed E-state index contributed by atoms with van der Waals surface area (Å²) in [5.74, 6) is 0.694. The Morgan fingerprint density at radius 2 is 1.86 bits per heavy atom. The molecule has 0 aliphatic carbocycles. The molecule has 0 aromatic heterocycles. The first kappa shape index (κ1) is 20.7. The van der Waals surface area contributed by atoms with Gasteiger partial charge in [-0.1, -0.05) is 24.3 Å². The number of nitrogens with zero attached hydrogens (tertiary/aromatic N) is 1. The summed E-state index contributed by atoms with van der Waals surface area (Å²) >= 11 is 0. The highest BCUT2D eigenvalue weighted by atomic mass is 127. The van der Waals surface area contributed by atoms with E-state index in [-0.39, 0.29) is 29.9 Å². The van der Waals surface area contributed by atoms with Gasteiger partial charge in [0.05, 0.1) is 5.41 Å². The van der Waals surface area contributed by atoms with Crippen LogP contribution >= 0.6 is 24.0 Å². The van der Waals surface area contributed by atoms with Crippen molar-refractivity contribution < 1.29 is 4.79 Å². The summed E-state index contributed by atoms with van der Waals surface area (Å²) < 4.78 is 0. The van der Waals surface area contributed by atoms with Crippen molar-refractivity contribution in [1.82, 2.24) is 16.0 Å². The van der Waals surface area contributed by atoms with Crippen molar-refractivity contribution in [2.45, 2.75) is 27.3 Å². The predicted molar refractivity (Wildman–Crippen MR) is 103 cm³/mol. The molecule has 0 spiro atoms. The van der Waals surface area contributed by atoms with Crippen LogP contribution in [0.5, 0.6) is 0 Å². The lowest BCUT2D eigenvalue weighted by atomic mass is 9.92. The minimum Gasteiger partial charge on any atom is -0.359 e. The monoisotopic (exact) mass is 418 g/mol. The Kier molecular flexibility index (Phi) is 9.08. The predicted octanol–water partition coefficient (Wildman–Crippen LogP) is 2.05. The second kappa shape index (κ2) is 9.66. The third-order valence-corrected chi connectivity index (χ3v) is 3.47. The maximum absolute atomic E-state index is 11.7. The molecule has 0 radical (unpaired) electrons. The third-order valence-electron chi connectivity index (χ3n) is 3.47. The fourth-order valence-electron chi connectivity index (χ4n) is 1.93. The van der Waals surface area contributed by atoms with Gasteiger partial charge in [-0.25, -0.2) is 0 Å². The van der Waals surface area contributed by atoms with Gasteiger partial charge in [0, 0.05) is 27.2 Å². The smallest absolute Gasteiger partial charge is 0.227 e. The molecule has 1 rings (SSSR count). The van der Waals surface area contributed by atoms with E-state index in [9.17, 15) is 4.79 Å². The van der Waals surface area contributed by atoms with Gasteiger partial charge in [0.2, 0.25) is 5.91 Å². The van der Waals surface area contributed by atoms with Gasteiger partial charge in [0.15, 0.2) is 5.96 Å². The van der Waals surface area contributed by atoms with Gasteiger partial charge >= 0.3 is 0 Å². The number of carbonyl (C=O) groups excluding carboxylic acids is 1. The SMILES string of the molecule is CN=C(NCc1ccccc1C)NCC(C)(C)C(=O)NC.I. The molecule has 0 saturated carbocycles. The first-order chi connectivity index (χ1) is 9.90.